The molecule has 2 rings (SSSR count). The van der Waals surface area contributed by atoms with Crippen LogP contribution in [-0.4, -0.2) is 0 Å². The standard InChI is InChI=1S/C10H14.C8H10/c1-3-9-7-5-6-8-10(9)4-2;1-7-5-3-4-6-8(7)2/h5-8H,3-4H2,1-2H3;3-6H,1-2H3. The van der Waals surface area contributed by atoms with Crippen molar-refractivity contribution in [3.8, 4) is 0 Å². The molecular weight excluding hydrogens is 216 g/mol. The van der Waals surface area contributed by atoms with Gasteiger partial charge in [0.25, 0.3) is 0 Å². The average Bonchev–Trinajstić information content (AvgIpc) is 2.42. The summed E-state index contributed by atoms with van der Waals surface area (Å²) in [5.74, 6) is 0. The van der Waals surface area contributed by atoms with Crippen LogP contribution >= 0.6 is 0 Å². The van der Waals surface area contributed by atoms with Crippen LogP contribution < -0.4 is 0 Å². The molecule has 0 saturated carbocycles. The summed E-state index contributed by atoms with van der Waals surface area (Å²) in [7, 11) is 0. The van der Waals surface area contributed by atoms with Gasteiger partial charge in [0.15, 0.2) is 0 Å². The molecule has 0 nitrogen and oxygen atoms in total. The molecule has 18 heavy (non-hydrogen) atoms. The van der Waals surface area contributed by atoms with Crippen molar-refractivity contribution in [2.75, 3.05) is 0 Å². The van der Waals surface area contributed by atoms with Crippen molar-refractivity contribution in [1.29, 1.82) is 0 Å². The molecule has 0 aromatic heterocycles. The third-order valence-electron chi connectivity index (χ3n) is 3.31. The Balaban J connectivity index is 0.000000184. The number of aryl methyl sites for hydroxylation is 4. The second kappa shape index (κ2) is 7.71. The fourth-order valence-electron chi connectivity index (χ4n) is 1.91. The van der Waals surface area contributed by atoms with E-state index >= 15 is 0 Å². The average molecular weight is 240 g/mol. The molecule has 0 radical (unpaired) electrons. The molecule has 0 spiro atoms. The molecule has 0 fully saturated rings. The van der Waals surface area contributed by atoms with Crippen LogP contribution in [0.25, 0.3) is 0 Å². The van der Waals surface area contributed by atoms with Gasteiger partial charge < -0.3 is 0 Å². The largest absolute Gasteiger partial charge is 0.0620 e. The summed E-state index contributed by atoms with van der Waals surface area (Å²) in [5, 5.41) is 0. The Morgan fingerprint density at radius 3 is 1.22 bits per heavy atom. The fraction of sp³-hybridized carbons (Fsp3) is 0.333. The zero-order valence-electron chi connectivity index (χ0n) is 12.0. The molecule has 0 unspecified atom stereocenters. The van der Waals surface area contributed by atoms with E-state index in [2.05, 4.69) is 76.2 Å². The van der Waals surface area contributed by atoms with Crippen LogP contribution in [0, 0.1) is 13.8 Å². The van der Waals surface area contributed by atoms with Crippen molar-refractivity contribution in [1.82, 2.24) is 0 Å². The van der Waals surface area contributed by atoms with Gasteiger partial charge in [0, 0.05) is 0 Å². The highest BCUT2D eigenvalue weighted by molar-refractivity contribution is 5.26. The molecule has 0 heterocycles. The maximum Gasteiger partial charge on any atom is -0.0305 e. The van der Waals surface area contributed by atoms with Crippen molar-refractivity contribution in [2.24, 2.45) is 0 Å². The molecule has 96 valence electrons. The van der Waals surface area contributed by atoms with Crippen molar-refractivity contribution in [2.45, 2.75) is 40.5 Å². The highest BCUT2D eigenvalue weighted by atomic mass is 14.0. The maximum absolute atomic E-state index is 2.21. The summed E-state index contributed by atoms with van der Waals surface area (Å²) in [6.07, 6.45) is 2.31. The van der Waals surface area contributed by atoms with Crippen LogP contribution in [0.1, 0.15) is 36.1 Å². The normalized spacial score (nSPS) is 9.56. The van der Waals surface area contributed by atoms with Gasteiger partial charge in [-0.15, -0.1) is 0 Å². The second-order valence-electron chi connectivity index (χ2n) is 4.56. The lowest BCUT2D eigenvalue weighted by molar-refractivity contribution is 1.04. The summed E-state index contributed by atoms with van der Waals surface area (Å²) in [6, 6.07) is 17.0. The summed E-state index contributed by atoms with van der Waals surface area (Å²) < 4.78 is 0. The van der Waals surface area contributed by atoms with Gasteiger partial charge in [-0.2, -0.15) is 0 Å². The molecule has 0 aliphatic carbocycles. The van der Waals surface area contributed by atoms with Gasteiger partial charge in [-0.25, -0.2) is 0 Å². The van der Waals surface area contributed by atoms with E-state index in [-0.39, 0.29) is 0 Å². The van der Waals surface area contributed by atoms with Gasteiger partial charge >= 0.3 is 0 Å². The Hall–Kier alpha value is -1.56. The van der Waals surface area contributed by atoms with Crippen LogP contribution in [0.2, 0.25) is 0 Å². The molecule has 0 aliphatic rings. The Labute approximate surface area is 112 Å². The summed E-state index contributed by atoms with van der Waals surface area (Å²) in [4.78, 5) is 0. The first-order chi connectivity index (χ1) is 8.69. The van der Waals surface area contributed by atoms with Crippen LogP contribution in [0.3, 0.4) is 0 Å². The van der Waals surface area contributed by atoms with Crippen molar-refractivity contribution in [3.05, 3.63) is 70.8 Å². The number of hydrogen-bond donors (Lipinski definition) is 0. The maximum atomic E-state index is 2.21. The van der Waals surface area contributed by atoms with E-state index in [0.717, 1.165) is 12.8 Å². The van der Waals surface area contributed by atoms with Gasteiger partial charge in [-0.05, 0) is 48.9 Å². The summed E-state index contributed by atoms with van der Waals surface area (Å²) in [6.45, 7) is 8.65. The lowest BCUT2D eigenvalue weighted by Crippen LogP contribution is -1.88. The Kier molecular flexibility index (Phi) is 6.21. The third-order valence-corrected chi connectivity index (χ3v) is 3.31. The Morgan fingerprint density at radius 1 is 0.611 bits per heavy atom. The quantitative estimate of drug-likeness (QED) is 0.684. The van der Waals surface area contributed by atoms with E-state index in [9.17, 15) is 0 Å². The van der Waals surface area contributed by atoms with E-state index < -0.39 is 0 Å². The van der Waals surface area contributed by atoms with Gasteiger partial charge in [-0.1, -0.05) is 62.4 Å². The second-order valence-corrected chi connectivity index (χ2v) is 4.56. The van der Waals surface area contributed by atoms with Crippen molar-refractivity contribution in [3.63, 3.8) is 0 Å². The monoisotopic (exact) mass is 240 g/mol. The van der Waals surface area contributed by atoms with E-state index in [4.69, 9.17) is 0 Å². The van der Waals surface area contributed by atoms with E-state index in [0.29, 0.717) is 0 Å². The zero-order valence-corrected chi connectivity index (χ0v) is 12.0. The predicted molar refractivity (Wildman–Crippen MR) is 81.1 cm³/mol. The molecule has 2 aromatic carbocycles. The predicted octanol–water partition coefficient (Wildman–Crippen LogP) is 5.11. The molecule has 2 aromatic rings. The lowest BCUT2D eigenvalue weighted by atomic mass is 10.0. The molecule has 0 atom stereocenters. The number of hydrogen-bond acceptors (Lipinski definition) is 0. The van der Waals surface area contributed by atoms with Gasteiger partial charge in [0.1, 0.15) is 0 Å². The highest BCUT2D eigenvalue weighted by Gasteiger charge is 1.93. The van der Waals surface area contributed by atoms with Crippen LogP contribution in [0.4, 0.5) is 0 Å². The van der Waals surface area contributed by atoms with E-state index in [1.54, 1.807) is 0 Å². The van der Waals surface area contributed by atoms with E-state index in [1.807, 2.05) is 0 Å². The Morgan fingerprint density at radius 2 is 0.944 bits per heavy atom. The van der Waals surface area contributed by atoms with Crippen LogP contribution in [0.5, 0.6) is 0 Å². The topological polar surface area (TPSA) is 0 Å². The minimum absolute atomic E-state index is 1.16. The number of benzene rings is 2. The SMILES string of the molecule is CCc1ccccc1CC.Cc1ccccc1C. The molecule has 0 amide bonds. The van der Waals surface area contributed by atoms with Crippen molar-refractivity contribution >= 4 is 0 Å². The molecule has 0 aliphatic heterocycles. The smallest absolute Gasteiger partial charge is 0.0305 e. The zero-order chi connectivity index (χ0) is 13.4. The number of rotatable bonds is 2. The molecule has 0 saturated heterocycles. The minimum atomic E-state index is 1.16. The summed E-state index contributed by atoms with van der Waals surface area (Å²) in [5.41, 5.74) is 5.72. The molecular formula is C18H24. The summed E-state index contributed by atoms with van der Waals surface area (Å²) >= 11 is 0. The van der Waals surface area contributed by atoms with Gasteiger partial charge in [-0.3, -0.25) is 0 Å². The van der Waals surface area contributed by atoms with Crippen LogP contribution in [0.15, 0.2) is 48.5 Å². The minimum Gasteiger partial charge on any atom is -0.0620 e. The fourth-order valence-corrected chi connectivity index (χ4v) is 1.91. The lowest BCUT2D eigenvalue weighted by Gasteiger charge is -2.02. The van der Waals surface area contributed by atoms with Crippen molar-refractivity contribution < 1.29 is 0 Å². The van der Waals surface area contributed by atoms with E-state index in [1.165, 1.54) is 22.3 Å². The van der Waals surface area contributed by atoms with Gasteiger partial charge in [0.2, 0.25) is 0 Å². The van der Waals surface area contributed by atoms with Crippen LogP contribution in [-0.2, 0) is 12.8 Å². The first-order valence-electron chi connectivity index (χ1n) is 6.78. The first-order valence-corrected chi connectivity index (χ1v) is 6.78. The Bertz CT molecular complexity index is 425. The highest BCUT2D eigenvalue weighted by Crippen LogP contribution is 2.09. The third kappa shape index (κ3) is 4.37. The first kappa shape index (κ1) is 14.5. The van der Waals surface area contributed by atoms with Gasteiger partial charge in [0.05, 0.1) is 0 Å². The molecule has 0 bridgehead atoms. The molecule has 0 N–H and O–H groups in total. The molecule has 0 heteroatoms.